The van der Waals surface area contributed by atoms with E-state index < -0.39 is 0 Å². The molecule has 0 saturated carbocycles. The molecule has 0 atom stereocenters. The van der Waals surface area contributed by atoms with Gasteiger partial charge in [-0.2, -0.15) is 0 Å². The molecule has 0 bridgehead atoms. The fraction of sp³-hybridized carbons (Fsp3) is 0.250. The predicted octanol–water partition coefficient (Wildman–Crippen LogP) is 2.76. The summed E-state index contributed by atoms with van der Waals surface area (Å²) in [7, 11) is 1.68. The monoisotopic (exact) mass is 255 g/mol. The zero-order valence-corrected chi connectivity index (χ0v) is 11.0. The summed E-state index contributed by atoms with van der Waals surface area (Å²) in [4.78, 5) is 0. The molecule has 3 rings (SSSR count). The lowest BCUT2D eigenvalue weighted by Gasteiger charge is -2.10. The first-order chi connectivity index (χ1) is 9.31. The summed E-state index contributed by atoms with van der Waals surface area (Å²) in [5, 5.41) is 0. The van der Waals surface area contributed by atoms with Crippen LogP contribution in [0.3, 0.4) is 0 Å². The van der Waals surface area contributed by atoms with E-state index in [-0.39, 0.29) is 0 Å². The molecular weight excluding hydrogens is 238 g/mol. The summed E-state index contributed by atoms with van der Waals surface area (Å²) in [6.45, 7) is 1.25. The highest BCUT2D eigenvalue weighted by molar-refractivity contribution is 5.69. The highest BCUT2D eigenvalue weighted by Gasteiger charge is 2.17. The van der Waals surface area contributed by atoms with Gasteiger partial charge >= 0.3 is 0 Å². The van der Waals surface area contributed by atoms with E-state index in [0.717, 1.165) is 35.7 Å². The van der Waals surface area contributed by atoms with Gasteiger partial charge in [-0.05, 0) is 41.0 Å². The van der Waals surface area contributed by atoms with Crippen molar-refractivity contribution in [2.24, 2.45) is 5.73 Å². The van der Waals surface area contributed by atoms with Crippen LogP contribution in [-0.4, -0.2) is 13.7 Å². The van der Waals surface area contributed by atoms with Crippen molar-refractivity contribution in [3.8, 4) is 22.6 Å². The summed E-state index contributed by atoms with van der Waals surface area (Å²) in [5.41, 5.74) is 10.5. The molecule has 19 heavy (non-hydrogen) atoms. The lowest BCUT2D eigenvalue weighted by Crippen LogP contribution is -2.00. The molecule has 1 aliphatic rings. The third kappa shape index (κ3) is 2.17. The quantitative estimate of drug-likeness (QED) is 0.917. The summed E-state index contributed by atoms with van der Waals surface area (Å²) in [5.74, 6) is 1.85. The molecule has 2 N–H and O–H groups in total. The first kappa shape index (κ1) is 12.1. The molecule has 2 aromatic rings. The number of benzene rings is 2. The smallest absolute Gasteiger partial charge is 0.127 e. The van der Waals surface area contributed by atoms with Gasteiger partial charge in [-0.15, -0.1) is 0 Å². The van der Waals surface area contributed by atoms with Gasteiger partial charge in [-0.25, -0.2) is 0 Å². The SMILES string of the molecule is COc1cccc(-c2cc(CN)c3c(c2)CCO3)c1. The Kier molecular flexibility index (Phi) is 3.13. The van der Waals surface area contributed by atoms with Crippen molar-refractivity contribution in [1.82, 2.24) is 0 Å². The molecule has 98 valence electrons. The predicted molar refractivity (Wildman–Crippen MR) is 75.5 cm³/mol. The molecule has 0 unspecified atom stereocenters. The van der Waals surface area contributed by atoms with Gasteiger partial charge in [0.2, 0.25) is 0 Å². The second kappa shape index (κ2) is 4.94. The molecule has 1 heterocycles. The Hall–Kier alpha value is -2.00. The van der Waals surface area contributed by atoms with Gasteiger partial charge in [-0.3, -0.25) is 0 Å². The van der Waals surface area contributed by atoms with Crippen LogP contribution in [-0.2, 0) is 13.0 Å². The van der Waals surface area contributed by atoms with Crippen molar-refractivity contribution >= 4 is 0 Å². The number of nitrogens with two attached hydrogens (primary N) is 1. The van der Waals surface area contributed by atoms with Crippen LogP contribution in [0.4, 0.5) is 0 Å². The molecule has 0 saturated heterocycles. The molecule has 1 aliphatic heterocycles. The maximum atomic E-state index is 5.82. The largest absolute Gasteiger partial charge is 0.497 e. The summed E-state index contributed by atoms with van der Waals surface area (Å²) < 4.78 is 10.9. The molecule has 0 aliphatic carbocycles. The third-order valence-corrected chi connectivity index (χ3v) is 3.48. The van der Waals surface area contributed by atoms with Crippen LogP contribution >= 0.6 is 0 Å². The Morgan fingerprint density at radius 2 is 2.11 bits per heavy atom. The van der Waals surface area contributed by atoms with E-state index in [9.17, 15) is 0 Å². The minimum Gasteiger partial charge on any atom is -0.497 e. The first-order valence-electron chi connectivity index (χ1n) is 6.45. The Morgan fingerprint density at radius 3 is 2.89 bits per heavy atom. The van der Waals surface area contributed by atoms with Gasteiger partial charge in [0.05, 0.1) is 13.7 Å². The Labute approximate surface area is 113 Å². The molecule has 0 aromatic heterocycles. The summed E-state index contributed by atoms with van der Waals surface area (Å²) >= 11 is 0. The summed E-state index contributed by atoms with van der Waals surface area (Å²) in [6, 6.07) is 12.4. The lowest BCUT2D eigenvalue weighted by molar-refractivity contribution is 0.353. The van der Waals surface area contributed by atoms with Crippen molar-refractivity contribution in [3.63, 3.8) is 0 Å². The molecule has 0 spiro atoms. The minimum absolute atomic E-state index is 0.500. The van der Waals surface area contributed by atoms with Gasteiger partial charge < -0.3 is 15.2 Å². The van der Waals surface area contributed by atoms with Gasteiger partial charge in [0.25, 0.3) is 0 Å². The van der Waals surface area contributed by atoms with E-state index in [1.54, 1.807) is 7.11 Å². The Bertz CT molecular complexity index is 608. The van der Waals surface area contributed by atoms with Crippen LogP contribution in [0.2, 0.25) is 0 Å². The van der Waals surface area contributed by atoms with Crippen LogP contribution in [0.5, 0.6) is 11.5 Å². The molecular formula is C16H17NO2. The number of methoxy groups -OCH3 is 1. The van der Waals surface area contributed by atoms with E-state index >= 15 is 0 Å². The Balaban J connectivity index is 2.10. The second-order valence-electron chi connectivity index (χ2n) is 4.66. The topological polar surface area (TPSA) is 44.5 Å². The van der Waals surface area contributed by atoms with E-state index in [1.807, 2.05) is 18.2 Å². The zero-order chi connectivity index (χ0) is 13.2. The number of hydrogen-bond acceptors (Lipinski definition) is 3. The highest BCUT2D eigenvalue weighted by atomic mass is 16.5. The van der Waals surface area contributed by atoms with E-state index in [2.05, 4.69) is 18.2 Å². The van der Waals surface area contributed by atoms with Gasteiger partial charge in [0.1, 0.15) is 11.5 Å². The zero-order valence-electron chi connectivity index (χ0n) is 11.0. The number of fused-ring (bicyclic) bond motifs is 1. The van der Waals surface area contributed by atoms with Gasteiger partial charge in [0.15, 0.2) is 0 Å². The van der Waals surface area contributed by atoms with Gasteiger partial charge in [0, 0.05) is 18.5 Å². The fourth-order valence-electron chi connectivity index (χ4n) is 2.51. The van der Waals surface area contributed by atoms with Crippen molar-refractivity contribution in [1.29, 1.82) is 0 Å². The first-order valence-corrected chi connectivity index (χ1v) is 6.45. The molecule has 0 fully saturated rings. The fourth-order valence-corrected chi connectivity index (χ4v) is 2.51. The Morgan fingerprint density at radius 1 is 1.21 bits per heavy atom. The second-order valence-corrected chi connectivity index (χ2v) is 4.66. The van der Waals surface area contributed by atoms with E-state index in [1.165, 1.54) is 11.1 Å². The van der Waals surface area contributed by atoms with Gasteiger partial charge in [-0.1, -0.05) is 12.1 Å². The summed E-state index contributed by atoms with van der Waals surface area (Å²) in [6.07, 6.45) is 0.958. The maximum Gasteiger partial charge on any atom is 0.127 e. The number of rotatable bonds is 3. The average Bonchev–Trinajstić information content (AvgIpc) is 2.94. The van der Waals surface area contributed by atoms with Crippen LogP contribution in [0.15, 0.2) is 36.4 Å². The molecule has 0 radical (unpaired) electrons. The number of hydrogen-bond donors (Lipinski definition) is 1. The molecule has 0 amide bonds. The van der Waals surface area contributed by atoms with Crippen LogP contribution in [0.1, 0.15) is 11.1 Å². The number of ether oxygens (including phenoxy) is 2. The van der Waals surface area contributed by atoms with E-state index in [0.29, 0.717) is 6.54 Å². The molecule has 3 heteroatoms. The van der Waals surface area contributed by atoms with Crippen LogP contribution < -0.4 is 15.2 Å². The standard InChI is InChI=1S/C16H17NO2/c1-18-15-4-2-3-11(9-15)13-7-12-5-6-19-16(12)14(8-13)10-17/h2-4,7-9H,5-6,10,17H2,1H3. The highest BCUT2D eigenvalue weighted by Crippen LogP contribution is 2.35. The third-order valence-electron chi connectivity index (χ3n) is 3.48. The van der Waals surface area contributed by atoms with Crippen molar-refractivity contribution < 1.29 is 9.47 Å². The van der Waals surface area contributed by atoms with Crippen LogP contribution in [0.25, 0.3) is 11.1 Å². The van der Waals surface area contributed by atoms with Crippen LogP contribution in [0, 0.1) is 0 Å². The normalized spacial score (nSPS) is 12.9. The van der Waals surface area contributed by atoms with Crippen molar-refractivity contribution in [2.45, 2.75) is 13.0 Å². The van der Waals surface area contributed by atoms with Crippen molar-refractivity contribution in [3.05, 3.63) is 47.5 Å². The molecule has 3 nitrogen and oxygen atoms in total. The molecule has 2 aromatic carbocycles. The minimum atomic E-state index is 0.500. The van der Waals surface area contributed by atoms with Crippen molar-refractivity contribution in [2.75, 3.05) is 13.7 Å². The maximum absolute atomic E-state index is 5.82. The average molecular weight is 255 g/mol. The van der Waals surface area contributed by atoms with E-state index in [4.69, 9.17) is 15.2 Å². The lowest BCUT2D eigenvalue weighted by atomic mass is 9.98.